The predicted molar refractivity (Wildman–Crippen MR) is 83.0 cm³/mol. The van der Waals surface area contributed by atoms with Crippen LogP contribution < -0.4 is 5.32 Å². The molecule has 1 N–H and O–H groups in total. The molecule has 0 atom stereocenters. The van der Waals surface area contributed by atoms with Crippen LogP contribution in [0.1, 0.15) is 5.56 Å². The minimum atomic E-state index is -0.297. The van der Waals surface area contributed by atoms with Gasteiger partial charge in [0.2, 0.25) is 16.5 Å². The van der Waals surface area contributed by atoms with Crippen molar-refractivity contribution in [2.24, 2.45) is 0 Å². The molecule has 0 unspecified atom stereocenters. The number of thiazole rings is 1. The molecule has 0 aliphatic rings. The summed E-state index contributed by atoms with van der Waals surface area (Å²) in [6, 6.07) is 5.92. The normalized spacial score (nSPS) is 11.0. The highest BCUT2D eigenvalue weighted by Gasteiger charge is 2.12. The highest BCUT2D eigenvalue weighted by Crippen LogP contribution is 2.26. The lowest BCUT2D eigenvalue weighted by atomic mass is 10.2. The largest absolute Gasteiger partial charge is 0.300 e. The minimum Gasteiger partial charge on any atom is -0.300 e. The van der Waals surface area contributed by atoms with E-state index in [1.54, 1.807) is 0 Å². The van der Waals surface area contributed by atoms with Crippen LogP contribution in [0.25, 0.3) is 10.2 Å². The van der Waals surface area contributed by atoms with E-state index in [-0.39, 0.29) is 23.0 Å². The maximum Gasteiger partial charge on any atom is 0.248 e. The summed E-state index contributed by atoms with van der Waals surface area (Å²) < 4.78 is 2.24. The molecule has 108 valence electrons. The molecular formula is C12H9Cl2N5OS. The second-order valence-corrected chi connectivity index (χ2v) is 6.05. The van der Waals surface area contributed by atoms with E-state index in [0.717, 1.165) is 15.8 Å². The third-order valence-electron chi connectivity index (χ3n) is 2.68. The van der Waals surface area contributed by atoms with Gasteiger partial charge in [0.05, 0.1) is 10.2 Å². The maximum absolute atomic E-state index is 12.0. The third-order valence-corrected chi connectivity index (χ3v) is 4.06. The Bertz CT molecular complexity index is 828. The van der Waals surface area contributed by atoms with Crippen LogP contribution in [-0.2, 0) is 11.3 Å². The van der Waals surface area contributed by atoms with Gasteiger partial charge in [-0.05, 0) is 47.8 Å². The van der Waals surface area contributed by atoms with Crippen LogP contribution in [0.3, 0.4) is 0 Å². The average Bonchev–Trinajstić information content (AvgIpc) is 2.91. The van der Waals surface area contributed by atoms with Crippen molar-refractivity contribution in [3.8, 4) is 0 Å². The van der Waals surface area contributed by atoms with Gasteiger partial charge in [0, 0.05) is 0 Å². The van der Waals surface area contributed by atoms with E-state index >= 15 is 0 Å². The number of aryl methyl sites for hydroxylation is 1. The van der Waals surface area contributed by atoms with E-state index in [0.29, 0.717) is 5.13 Å². The summed E-state index contributed by atoms with van der Waals surface area (Å²) in [5, 5.41) is 7.12. The van der Waals surface area contributed by atoms with Crippen molar-refractivity contribution in [1.82, 2.24) is 19.7 Å². The molecule has 2 heterocycles. The zero-order chi connectivity index (χ0) is 15.0. The molecule has 21 heavy (non-hydrogen) atoms. The number of carbonyl (C=O) groups is 1. The van der Waals surface area contributed by atoms with E-state index in [1.807, 2.05) is 25.1 Å². The summed E-state index contributed by atoms with van der Waals surface area (Å²) in [4.78, 5) is 20.0. The van der Waals surface area contributed by atoms with Gasteiger partial charge >= 0.3 is 0 Å². The van der Waals surface area contributed by atoms with E-state index in [2.05, 4.69) is 20.4 Å². The molecule has 0 aliphatic carbocycles. The quantitative estimate of drug-likeness (QED) is 0.794. The molecule has 0 aliphatic heterocycles. The molecule has 0 saturated carbocycles. The lowest BCUT2D eigenvalue weighted by Crippen LogP contribution is -2.19. The zero-order valence-corrected chi connectivity index (χ0v) is 13.1. The van der Waals surface area contributed by atoms with Crippen LogP contribution >= 0.6 is 34.5 Å². The Hall–Kier alpha value is -1.70. The fourth-order valence-corrected chi connectivity index (χ4v) is 3.15. The summed E-state index contributed by atoms with van der Waals surface area (Å²) in [7, 11) is 0. The summed E-state index contributed by atoms with van der Waals surface area (Å²) in [5.74, 6) is -0.297. The summed E-state index contributed by atoms with van der Waals surface area (Å²) >= 11 is 12.8. The van der Waals surface area contributed by atoms with Gasteiger partial charge in [-0.25, -0.2) is 9.67 Å². The molecule has 1 amide bonds. The van der Waals surface area contributed by atoms with E-state index in [9.17, 15) is 4.79 Å². The molecule has 9 heteroatoms. The van der Waals surface area contributed by atoms with Crippen LogP contribution in [0.2, 0.25) is 10.6 Å². The standard InChI is InChI=1S/C12H9Cl2N5OS/c1-6-2-3-7-8(4-6)21-12(15-7)16-9(20)5-19-11(14)17-10(13)18-19/h2-4H,5H2,1H3,(H,15,16,20). The molecule has 6 nitrogen and oxygen atoms in total. The van der Waals surface area contributed by atoms with Crippen molar-refractivity contribution in [2.45, 2.75) is 13.5 Å². The summed E-state index contributed by atoms with van der Waals surface area (Å²) in [6.07, 6.45) is 0. The van der Waals surface area contributed by atoms with Crippen LogP contribution in [0.4, 0.5) is 5.13 Å². The van der Waals surface area contributed by atoms with Gasteiger partial charge in [-0.3, -0.25) is 4.79 Å². The maximum atomic E-state index is 12.0. The Morgan fingerprint density at radius 1 is 1.38 bits per heavy atom. The Morgan fingerprint density at radius 3 is 2.90 bits per heavy atom. The summed E-state index contributed by atoms with van der Waals surface area (Å²) in [6.45, 7) is 1.93. The highest BCUT2D eigenvalue weighted by molar-refractivity contribution is 7.22. The molecule has 0 spiro atoms. The van der Waals surface area contributed by atoms with Gasteiger partial charge in [0.25, 0.3) is 0 Å². The minimum absolute atomic E-state index is 0.00302. The number of carbonyl (C=O) groups excluding carboxylic acids is 1. The van der Waals surface area contributed by atoms with Gasteiger partial charge in [0.1, 0.15) is 6.54 Å². The van der Waals surface area contributed by atoms with Gasteiger partial charge in [0.15, 0.2) is 5.13 Å². The van der Waals surface area contributed by atoms with Crippen molar-refractivity contribution in [3.05, 3.63) is 34.3 Å². The van der Waals surface area contributed by atoms with Crippen LogP contribution in [0, 0.1) is 6.92 Å². The molecule has 3 aromatic rings. The van der Waals surface area contributed by atoms with E-state index < -0.39 is 0 Å². The van der Waals surface area contributed by atoms with Gasteiger partial charge < -0.3 is 5.32 Å². The van der Waals surface area contributed by atoms with Crippen LogP contribution in [-0.4, -0.2) is 25.7 Å². The Balaban J connectivity index is 1.75. The molecule has 2 aromatic heterocycles. The van der Waals surface area contributed by atoms with Crippen molar-refractivity contribution in [1.29, 1.82) is 0 Å². The molecular weight excluding hydrogens is 333 g/mol. The second-order valence-electron chi connectivity index (χ2n) is 4.35. The number of nitrogens with one attached hydrogen (secondary N) is 1. The number of hydrogen-bond acceptors (Lipinski definition) is 5. The van der Waals surface area contributed by atoms with Gasteiger partial charge in [-0.1, -0.05) is 17.4 Å². The highest BCUT2D eigenvalue weighted by atomic mass is 35.5. The zero-order valence-electron chi connectivity index (χ0n) is 10.8. The first kappa shape index (κ1) is 14.2. The molecule has 0 saturated heterocycles. The second kappa shape index (κ2) is 5.59. The van der Waals surface area contributed by atoms with E-state index in [1.165, 1.54) is 16.0 Å². The first-order valence-corrected chi connectivity index (χ1v) is 7.51. The van der Waals surface area contributed by atoms with Crippen molar-refractivity contribution >= 4 is 55.8 Å². The lowest BCUT2D eigenvalue weighted by molar-refractivity contribution is -0.116. The van der Waals surface area contributed by atoms with Crippen molar-refractivity contribution in [2.75, 3.05) is 5.32 Å². The number of amides is 1. The van der Waals surface area contributed by atoms with Crippen molar-refractivity contribution in [3.63, 3.8) is 0 Å². The Kier molecular flexibility index (Phi) is 3.79. The van der Waals surface area contributed by atoms with Crippen molar-refractivity contribution < 1.29 is 4.79 Å². The molecule has 1 aromatic carbocycles. The topological polar surface area (TPSA) is 72.7 Å². The number of fused-ring (bicyclic) bond motifs is 1. The number of rotatable bonds is 3. The first-order chi connectivity index (χ1) is 10.0. The molecule has 0 bridgehead atoms. The predicted octanol–water partition coefficient (Wildman–Crippen LogP) is 3.14. The number of halogens is 2. The van der Waals surface area contributed by atoms with Gasteiger partial charge in [-0.15, -0.1) is 5.10 Å². The Morgan fingerprint density at radius 2 is 2.19 bits per heavy atom. The number of hydrogen-bond donors (Lipinski definition) is 1. The SMILES string of the molecule is Cc1ccc2nc(NC(=O)Cn3nc(Cl)nc3Cl)sc2c1. The molecule has 3 rings (SSSR count). The lowest BCUT2D eigenvalue weighted by Gasteiger charge is -2.01. The number of aromatic nitrogens is 4. The van der Waals surface area contributed by atoms with Gasteiger partial charge in [-0.2, -0.15) is 4.98 Å². The van der Waals surface area contributed by atoms with Crippen LogP contribution in [0.5, 0.6) is 0 Å². The fourth-order valence-electron chi connectivity index (χ4n) is 1.78. The molecule has 0 radical (unpaired) electrons. The fraction of sp³-hybridized carbons (Fsp3) is 0.167. The van der Waals surface area contributed by atoms with E-state index in [4.69, 9.17) is 23.2 Å². The average molecular weight is 342 g/mol. The number of nitrogens with zero attached hydrogens (tertiary/aromatic N) is 4. The number of benzene rings is 1. The molecule has 0 fully saturated rings. The monoisotopic (exact) mass is 341 g/mol. The smallest absolute Gasteiger partial charge is 0.248 e. The first-order valence-electron chi connectivity index (χ1n) is 5.94. The third kappa shape index (κ3) is 3.15. The number of anilines is 1. The van der Waals surface area contributed by atoms with Crippen LogP contribution in [0.15, 0.2) is 18.2 Å². The summed E-state index contributed by atoms with van der Waals surface area (Å²) in [5.41, 5.74) is 2.00. The Labute approximate surface area is 133 Å².